The quantitative estimate of drug-likeness (QED) is 0.626. The Morgan fingerprint density at radius 3 is 2.79 bits per heavy atom. The molecule has 0 aromatic heterocycles. The van der Waals surface area contributed by atoms with Gasteiger partial charge in [-0.15, -0.1) is 0 Å². The van der Waals surface area contributed by atoms with E-state index in [1.807, 2.05) is 11.8 Å². The average Bonchev–Trinajstić information content (AvgIpc) is 2.34. The molecule has 3 amide bonds. The summed E-state index contributed by atoms with van der Waals surface area (Å²) < 4.78 is 0. The first kappa shape index (κ1) is 15.9. The standard InChI is InChI=1S/C13H26N4O2/c1-3-4-6-15-13(19)16-12(18)9-17-7-5-11(14)10(2)8-17/h10-11H,3-9,14H2,1-2H3,(H2,15,16,18,19). The average molecular weight is 270 g/mol. The number of hydrogen-bond donors (Lipinski definition) is 3. The van der Waals surface area contributed by atoms with Crippen LogP contribution >= 0.6 is 0 Å². The van der Waals surface area contributed by atoms with Crippen LogP contribution < -0.4 is 16.4 Å². The SMILES string of the molecule is CCCCNC(=O)NC(=O)CN1CCC(N)C(C)C1. The number of urea groups is 1. The maximum atomic E-state index is 11.7. The molecule has 1 saturated heterocycles. The molecule has 6 nitrogen and oxygen atoms in total. The van der Waals surface area contributed by atoms with Crippen LogP contribution in [0.4, 0.5) is 4.79 Å². The zero-order valence-corrected chi connectivity index (χ0v) is 11.9. The number of carbonyl (C=O) groups excluding carboxylic acids is 2. The van der Waals surface area contributed by atoms with Crippen LogP contribution in [0, 0.1) is 5.92 Å². The number of nitrogens with zero attached hydrogens (tertiary/aromatic N) is 1. The molecule has 1 rings (SSSR count). The number of hydrogen-bond acceptors (Lipinski definition) is 4. The van der Waals surface area contributed by atoms with E-state index in [0.29, 0.717) is 12.5 Å². The van der Waals surface area contributed by atoms with Gasteiger partial charge in [0.25, 0.3) is 0 Å². The van der Waals surface area contributed by atoms with Gasteiger partial charge in [0, 0.05) is 25.7 Å². The number of nitrogens with one attached hydrogen (secondary N) is 2. The normalized spacial score (nSPS) is 23.9. The minimum Gasteiger partial charge on any atom is -0.338 e. The minimum absolute atomic E-state index is 0.219. The number of nitrogens with two attached hydrogens (primary N) is 1. The van der Waals surface area contributed by atoms with Crippen LogP contribution in [0.1, 0.15) is 33.1 Å². The van der Waals surface area contributed by atoms with Crippen LogP contribution in [0.25, 0.3) is 0 Å². The molecule has 2 unspecified atom stereocenters. The topological polar surface area (TPSA) is 87.5 Å². The predicted octanol–water partition coefficient (Wildman–Crippen LogP) is 0.281. The van der Waals surface area contributed by atoms with E-state index in [2.05, 4.69) is 17.6 Å². The summed E-state index contributed by atoms with van der Waals surface area (Å²) in [6.07, 6.45) is 2.83. The summed E-state index contributed by atoms with van der Waals surface area (Å²) in [5.41, 5.74) is 5.93. The fraction of sp³-hybridized carbons (Fsp3) is 0.846. The van der Waals surface area contributed by atoms with Crippen LogP contribution in [-0.2, 0) is 4.79 Å². The molecule has 4 N–H and O–H groups in total. The molecule has 0 aromatic rings. The van der Waals surface area contributed by atoms with Gasteiger partial charge in [-0.3, -0.25) is 15.0 Å². The van der Waals surface area contributed by atoms with Crippen molar-refractivity contribution in [3.05, 3.63) is 0 Å². The summed E-state index contributed by atoms with van der Waals surface area (Å²) in [6.45, 7) is 6.63. The van der Waals surface area contributed by atoms with Crippen LogP contribution in [0.2, 0.25) is 0 Å². The van der Waals surface area contributed by atoms with Gasteiger partial charge in [-0.05, 0) is 18.8 Å². The van der Waals surface area contributed by atoms with E-state index in [1.165, 1.54) is 0 Å². The second kappa shape index (κ2) is 8.12. The van der Waals surface area contributed by atoms with E-state index in [9.17, 15) is 9.59 Å². The third-order valence-corrected chi connectivity index (χ3v) is 3.49. The van der Waals surface area contributed by atoms with E-state index in [1.54, 1.807) is 0 Å². The van der Waals surface area contributed by atoms with E-state index < -0.39 is 6.03 Å². The molecule has 2 atom stereocenters. The van der Waals surface area contributed by atoms with Crippen molar-refractivity contribution in [1.29, 1.82) is 0 Å². The van der Waals surface area contributed by atoms with Crippen molar-refractivity contribution in [2.75, 3.05) is 26.2 Å². The van der Waals surface area contributed by atoms with E-state index in [4.69, 9.17) is 5.73 Å². The molecule has 0 spiro atoms. The van der Waals surface area contributed by atoms with Crippen molar-refractivity contribution >= 4 is 11.9 Å². The Hall–Kier alpha value is -1.14. The summed E-state index contributed by atoms with van der Waals surface area (Å²) in [5, 5.41) is 5.01. The monoisotopic (exact) mass is 270 g/mol. The van der Waals surface area contributed by atoms with Crippen molar-refractivity contribution in [2.24, 2.45) is 11.7 Å². The highest BCUT2D eigenvalue weighted by atomic mass is 16.2. The molecule has 1 heterocycles. The Morgan fingerprint density at radius 2 is 2.16 bits per heavy atom. The lowest BCUT2D eigenvalue weighted by molar-refractivity contribution is -0.121. The molecule has 0 aliphatic carbocycles. The largest absolute Gasteiger partial charge is 0.338 e. The molecule has 19 heavy (non-hydrogen) atoms. The summed E-state index contributed by atoms with van der Waals surface area (Å²) in [7, 11) is 0. The molecule has 1 aliphatic rings. The molecule has 0 aromatic carbocycles. The summed E-state index contributed by atoms with van der Waals surface area (Å²) in [5.74, 6) is 0.136. The first-order chi connectivity index (χ1) is 9.02. The molecule has 0 radical (unpaired) electrons. The van der Waals surface area contributed by atoms with Crippen molar-refractivity contribution in [2.45, 2.75) is 39.2 Å². The number of likely N-dealkylation sites (tertiary alicyclic amines) is 1. The van der Waals surface area contributed by atoms with Gasteiger partial charge in [-0.2, -0.15) is 0 Å². The van der Waals surface area contributed by atoms with Gasteiger partial charge in [0.2, 0.25) is 5.91 Å². The van der Waals surface area contributed by atoms with Gasteiger partial charge in [-0.25, -0.2) is 4.79 Å². The highest BCUT2D eigenvalue weighted by molar-refractivity contribution is 5.95. The lowest BCUT2D eigenvalue weighted by Gasteiger charge is -2.34. The number of imide groups is 1. The third-order valence-electron chi connectivity index (χ3n) is 3.49. The van der Waals surface area contributed by atoms with Gasteiger partial charge in [-0.1, -0.05) is 20.3 Å². The Bertz CT molecular complexity index is 309. The van der Waals surface area contributed by atoms with Gasteiger partial charge in [0.05, 0.1) is 6.54 Å². The van der Waals surface area contributed by atoms with Gasteiger partial charge >= 0.3 is 6.03 Å². The van der Waals surface area contributed by atoms with Crippen molar-refractivity contribution in [3.8, 4) is 0 Å². The Balaban J connectivity index is 2.22. The van der Waals surface area contributed by atoms with Crippen molar-refractivity contribution in [3.63, 3.8) is 0 Å². The van der Waals surface area contributed by atoms with Crippen LogP contribution in [-0.4, -0.2) is 49.1 Å². The molecular formula is C13H26N4O2. The first-order valence-corrected chi connectivity index (χ1v) is 7.08. The fourth-order valence-electron chi connectivity index (χ4n) is 2.19. The highest BCUT2D eigenvalue weighted by Gasteiger charge is 2.24. The minimum atomic E-state index is -0.403. The van der Waals surface area contributed by atoms with Gasteiger partial charge < -0.3 is 11.1 Å². The number of unbranched alkanes of at least 4 members (excludes halogenated alkanes) is 1. The number of rotatable bonds is 5. The van der Waals surface area contributed by atoms with Crippen LogP contribution in [0.3, 0.4) is 0 Å². The smallest absolute Gasteiger partial charge is 0.321 e. The van der Waals surface area contributed by atoms with Crippen molar-refractivity contribution in [1.82, 2.24) is 15.5 Å². The first-order valence-electron chi connectivity index (χ1n) is 7.08. The van der Waals surface area contributed by atoms with Crippen LogP contribution in [0.15, 0.2) is 0 Å². The molecule has 0 bridgehead atoms. The molecule has 6 heteroatoms. The number of amides is 3. The lowest BCUT2D eigenvalue weighted by atomic mass is 9.95. The Morgan fingerprint density at radius 1 is 1.42 bits per heavy atom. The van der Waals surface area contributed by atoms with E-state index >= 15 is 0 Å². The molecular weight excluding hydrogens is 244 g/mol. The van der Waals surface area contributed by atoms with E-state index in [0.717, 1.165) is 32.4 Å². The third kappa shape index (κ3) is 6.02. The predicted molar refractivity (Wildman–Crippen MR) is 74.6 cm³/mol. The fourth-order valence-corrected chi connectivity index (χ4v) is 2.19. The van der Waals surface area contributed by atoms with Crippen LogP contribution in [0.5, 0.6) is 0 Å². The Labute approximate surface area is 115 Å². The number of piperidine rings is 1. The lowest BCUT2D eigenvalue weighted by Crippen LogP contribution is -2.50. The van der Waals surface area contributed by atoms with Crippen molar-refractivity contribution < 1.29 is 9.59 Å². The maximum absolute atomic E-state index is 11.7. The molecule has 1 aliphatic heterocycles. The Kier molecular flexibility index (Phi) is 6.80. The molecule has 0 saturated carbocycles. The highest BCUT2D eigenvalue weighted by Crippen LogP contribution is 2.14. The maximum Gasteiger partial charge on any atom is 0.321 e. The summed E-state index contributed by atoms with van der Waals surface area (Å²) in [6, 6.07) is -0.183. The summed E-state index contributed by atoms with van der Waals surface area (Å²) >= 11 is 0. The second-order valence-electron chi connectivity index (χ2n) is 5.32. The van der Waals surface area contributed by atoms with Gasteiger partial charge in [0.1, 0.15) is 0 Å². The zero-order valence-electron chi connectivity index (χ0n) is 11.9. The van der Waals surface area contributed by atoms with E-state index in [-0.39, 0.29) is 18.5 Å². The zero-order chi connectivity index (χ0) is 14.3. The second-order valence-corrected chi connectivity index (χ2v) is 5.32. The van der Waals surface area contributed by atoms with Gasteiger partial charge in [0.15, 0.2) is 0 Å². The number of carbonyl (C=O) groups is 2. The molecule has 1 fully saturated rings. The molecule has 110 valence electrons. The summed E-state index contributed by atoms with van der Waals surface area (Å²) in [4.78, 5) is 25.1.